The van der Waals surface area contributed by atoms with Crippen LogP contribution >= 0.6 is 0 Å². The molecule has 0 bridgehead atoms. The van der Waals surface area contributed by atoms with Gasteiger partial charge in [-0.3, -0.25) is 4.79 Å². The third kappa shape index (κ3) is 3.28. The van der Waals surface area contributed by atoms with Crippen molar-refractivity contribution in [2.45, 2.75) is 45.4 Å². The Kier molecular flexibility index (Phi) is 4.88. The SMILES string of the molecule is Cc1nc(-c2[nH]c3ccc(C4CCN(C)CC4)cc3c2C(C)C)cn(C)c1=O. The molecule has 3 aromatic rings. The molecular formula is C23H30N4O. The maximum absolute atomic E-state index is 12.1. The van der Waals surface area contributed by atoms with Crippen LogP contribution in [0.4, 0.5) is 0 Å². The molecule has 5 nitrogen and oxygen atoms in total. The van der Waals surface area contributed by atoms with Crippen LogP contribution in [0.15, 0.2) is 29.2 Å². The Morgan fingerprint density at radius 2 is 1.89 bits per heavy atom. The number of likely N-dealkylation sites (tertiary alicyclic amines) is 1. The van der Waals surface area contributed by atoms with Crippen molar-refractivity contribution >= 4 is 10.9 Å². The highest BCUT2D eigenvalue weighted by atomic mass is 16.1. The molecule has 28 heavy (non-hydrogen) atoms. The minimum atomic E-state index is -0.0458. The second kappa shape index (κ2) is 7.21. The Balaban J connectivity index is 1.84. The molecule has 1 aliphatic rings. The molecule has 3 heterocycles. The van der Waals surface area contributed by atoms with Crippen LogP contribution in [0.1, 0.15) is 55.3 Å². The van der Waals surface area contributed by atoms with Crippen LogP contribution in [0.3, 0.4) is 0 Å². The van der Waals surface area contributed by atoms with E-state index in [1.807, 2.05) is 6.20 Å². The Hall–Kier alpha value is -2.40. The first-order valence-corrected chi connectivity index (χ1v) is 10.2. The normalized spacial score (nSPS) is 16.4. The van der Waals surface area contributed by atoms with Crippen LogP contribution < -0.4 is 5.56 Å². The van der Waals surface area contributed by atoms with Gasteiger partial charge in [0.1, 0.15) is 11.4 Å². The van der Waals surface area contributed by atoms with Crippen molar-refractivity contribution in [1.29, 1.82) is 0 Å². The maximum Gasteiger partial charge on any atom is 0.271 e. The van der Waals surface area contributed by atoms with Crippen molar-refractivity contribution < 1.29 is 0 Å². The van der Waals surface area contributed by atoms with Crippen molar-refractivity contribution in [3.63, 3.8) is 0 Å². The van der Waals surface area contributed by atoms with E-state index >= 15 is 0 Å². The molecule has 0 saturated carbocycles. The van der Waals surface area contributed by atoms with E-state index in [4.69, 9.17) is 0 Å². The molecule has 1 saturated heterocycles. The fourth-order valence-electron chi connectivity index (χ4n) is 4.50. The molecule has 0 atom stereocenters. The van der Waals surface area contributed by atoms with Gasteiger partial charge in [0, 0.05) is 24.1 Å². The zero-order chi connectivity index (χ0) is 20.0. The molecule has 5 heteroatoms. The van der Waals surface area contributed by atoms with Gasteiger partial charge in [-0.25, -0.2) is 4.98 Å². The lowest BCUT2D eigenvalue weighted by atomic mass is 9.88. The number of H-pyrrole nitrogens is 1. The molecule has 4 rings (SSSR count). The molecule has 1 fully saturated rings. The van der Waals surface area contributed by atoms with Gasteiger partial charge in [-0.15, -0.1) is 0 Å². The van der Waals surface area contributed by atoms with E-state index in [9.17, 15) is 4.79 Å². The van der Waals surface area contributed by atoms with E-state index in [2.05, 4.69) is 54.0 Å². The summed E-state index contributed by atoms with van der Waals surface area (Å²) in [5.74, 6) is 0.993. The predicted octanol–water partition coefficient (Wildman–Crippen LogP) is 4.17. The molecule has 1 aliphatic heterocycles. The number of fused-ring (bicyclic) bond motifs is 1. The fraction of sp³-hybridized carbons (Fsp3) is 0.478. The third-order valence-electron chi connectivity index (χ3n) is 6.12. The number of benzene rings is 1. The number of rotatable bonds is 3. The van der Waals surface area contributed by atoms with Gasteiger partial charge in [0.15, 0.2) is 0 Å². The zero-order valence-electron chi connectivity index (χ0n) is 17.5. The van der Waals surface area contributed by atoms with Gasteiger partial charge in [0.05, 0.1) is 5.69 Å². The second-order valence-electron chi connectivity index (χ2n) is 8.58. The monoisotopic (exact) mass is 378 g/mol. The number of nitrogens with zero attached hydrogens (tertiary/aromatic N) is 3. The van der Waals surface area contributed by atoms with Crippen LogP contribution in [0.25, 0.3) is 22.3 Å². The molecule has 0 spiro atoms. The maximum atomic E-state index is 12.1. The molecule has 148 valence electrons. The number of hydrogen-bond acceptors (Lipinski definition) is 3. The van der Waals surface area contributed by atoms with Crippen molar-refractivity contribution in [3.05, 3.63) is 51.6 Å². The van der Waals surface area contributed by atoms with E-state index in [0.717, 1.165) is 16.9 Å². The Morgan fingerprint density at radius 3 is 2.54 bits per heavy atom. The van der Waals surface area contributed by atoms with Gasteiger partial charge >= 0.3 is 0 Å². The average Bonchev–Trinajstić information content (AvgIpc) is 3.05. The van der Waals surface area contributed by atoms with Crippen molar-refractivity contribution in [3.8, 4) is 11.4 Å². The minimum Gasteiger partial charge on any atom is -0.353 e. The Bertz CT molecular complexity index is 1040. The van der Waals surface area contributed by atoms with Gasteiger partial charge in [0.25, 0.3) is 5.56 Å². The van der Waals surface area contributed by atoms with Crippen LogP contribution in [0.2, 0.25) is 0 Å². The first kappa shape index (κ1) is 18.9. The largest absolute Gasteiger partial charge is 0.353 e. The molecule has 0 amide bonds. The third-order valence-corrected chi connectivity index (χ3v) is 6.12. The summed E-state index contributed by atoms with van der Waals surface area (Å²) in [5.41, 5.74) is 6.22. The highest BCUT2D eigenvalue weighted by molar-refractivity contribution is 5.91. The second-order valence-corrected chi connectivity index (χ2v) is 8.58. The van der Waals surface area contributed by atoms with Crippen molar-refractivity contribution in [1.82, 2.24) is 19.4 Å². The number of hydrogen-bond donors (Lipinski definition) is 1. The smallest absolute Gasteiger partial charge is 0.271 e. The van der Waals surface area contributed by atoms with Gasteiger partial charge in [-0.1, -0.05) is 19.9 Å². The van der Waals surface area contributed by atoms with E-state index in [1.165, 1.54) is 42.4 Å². The van der Waals surface area contributed by atoms with Gasteiger partial charge < -0.3 is 14.5 Å². The summed E-state index contributed by atoms with van der Waals surface area (Å²) in [4.78, 5) is 22.7. The first-order chi connectivity index (χ1) is 13.3. The fourth-order valence-corrected chi connectivity index (χ4v) is 4.50. The number of aryl methyl sites for hydroxylation is 2. The van der Waals surface area contributed by atoms with Gasteiger partial charge in [-0.05, 0) is 75.0 Å². The van der Waals surface area contributed by atoms with Crippen LogP contribution in [-0.2, 0) is 7.05 Å². The number of aromatic nitrogens is 3. The summed E-state index contributed by atoms with van der Waals surface area (Å²) in [7, 11) is 3.99. The van der Waals surface area contributed by atoms with E-state index in [0.29, 0.717) is 17.5 Å². The van der Waals surface area contributed by atoms with Gasteiger partial charge in [0.2, 0.25) is 0 Å². The van der Waals surface area contributed by atoms with E-state index < -0.39 is 0 Å². The summed E-state index contributed by atoms with van der Waals surface area (Å²) < 4.78 is 1.62. The molecule has 1 N–H and O–H groups in total. The lowest BCUT2D eigenvalue weighted by Gasteiger charge is -2.29. The highest BCUT2D eigenvalue weighted by Gasteiger charge is 2.22. The lowest BCUT2D eigenvalue weighted by molar-refractivity contribution is 0.255. The molecule has 0 radical (unpaired) electrons. The predicted molar refractivity (Wildman–Crippen MR) is 115 cm³/mol. The van der Waals surface area contributed by atoms with Crippen molar-refractivity contribution in [2.75, 3.05) is 20.1 Å². The molecule has 0 unspecified atom stereocenters. The number of nitrogens with one attached hydrogen (secondary N) is 1. The lowest BCUT2D eigenvalue weighted by Crippen LogP contribution is -2.29. The number of piperidine rings is 1. The zero-order valence-corrected chi connectivity index (χ0v) is 17.5. The topological polar surface area (TPSA) is 53.9 Å². The van der Waals surface area contributed by atoms with E-state index in [-0.39, 0.29) is 5.56 Å². The average molecular weight is 379 g/mol. The van der Waals surface area contributed by atoms with Gasteiger partial charge in [-0.2, -0.15) is 0 Å². The van der Waals surface area contributed by atoms with E-state index in [1.54, 1.807) is 18.5 Å². The Labute approximate surface area is 166 Å². The molecule has 2 aromatic heterocycles. The molecular weight excluding hydrogens is 348 g/mol. The summed E-state index contributed by atoms with van der Waals surface area (Å²) in [6, 6.07) is 6.88. The minimum absolute atomic E-state index is 0.0458. The first-order valence-electron chi connectivity index (χ1n) is 10.2. The van der Waals surface area contributed by atoms with Crippen LogP contribution in [0.5, 0.6) is 0 Å². The van der Waals surface area contributed by atoms with Crippen molar-refractivity contribution in [2.24, 2.45) is 7.05 Å². The molecule has 1 aromatic carbocycles. The quantitative estimate of drug-likeness (QED) is 0.744. The molecule has 0 aliphatic carbocycles. The summed E-state index contributed by atoms with van der Waals surface area (Å²) in [5, 5.41) is 1.29. The van der Waals surface area contributed by atoms with Crippen LogP contribution in [-0.4, -0.2) is 39.6 Å². The summed E-state index contributed by atoms with van der Waals surface area (Å²) >= 11 is 0. The Morgan fingerprint density at radius 1 is 1.18 bits per heavy atom. The standard InChI is InChI=1S/C23H30N4O/c1-14(2)21-18-12-17(16-8-10-26(4)11-9-16)6-7-19(18)25-22(21)20-13-27(5)23(28)15(3)24-20/h6-7,12-14,16,25H,8-11H2,1-5H3. The highest BCUT2D eigenvalue weighted by Crippen LogP contribution is 2.37. The van der Waals surface area contributed by atoms with Crippen LogP contribution in [0, 0.1) is 6.92 Å². The summed E-state index contributed by atoms with van der Waals surface area (Å²) in [6.07, 6.45) is 4.28. The number of aromatic amines is 1. The summed E-state index contributed by atoms with van der Waals surface area (Å²) in [6.45, 7) is 8.56.